The number of benzene rings is 1. The van der Waals surface area contributed by atoms with Crippen LogP contribution in [-0.2, 0) is 9.59 Å². The summed E-state index contributed by atoms with van der Waals surface area (Å²) in [5.41, 5.74) is 1.15. The lowest BCUT2D eigenvalue weighted by Crippen LogP contribution is -2.46. The van der Waals surface area contributed by atoms with E-state index in [1.807, 2.05) is 52.3 Å². The van der Waals surface area contributed by atoms with E-state index in [0.29, 0.717) is 19.6 Å². The first-order chi connectivity index (χ1) is 14.7. The second kappa shape index (κ2) is 9.74. The molecule has 2 saturated heterocycles. The molecule has 2 aliphatic heterocycles. The summed E-state index contributed by atoms with van der Waals surface area (Å²) >= 11 is 0. The molecular formula is C24H29N3O3. The summed E-state index contributed by atoms with van der Waals surface area (Å²) in [6, 6.07) is 13.7. The molecule has 0 bridgehead atoms. The third-order valence-electron chi connectivity index (χ3n) is 6.08. The average molecular weight is 408 g/mol. The van der Waals surface area contributed by atoms with Crippen molar-refractivity contribution in [2.24, 2.45) is 5.92 Å². The fraction of sp³-hybridized carbons (Fsp3) is 0.458. The van der Waals surface area contributed by atoms with Gasteiger partial charge < -0.3 is 14.5 Å². The van der Waals surface area contributed by atoms with Gasteiger partial charge in [0.15, 0.2) is 0 Å². The largest absolute Gasteiger partial charge is 0.493 e. The Kier molecular flexibility index (Phi) is 6.62. The number of ether oxygens (including phenoxy) is 1. The van der Waals surface area contributed by atoms with Crippen molar-refractivity contribution < 1.29 is 14.3 Å². The Hall–Kier alpha value is -2.89. The van der Waals surface area contributed by atoms with Gasteiger partial charge in [-0.3, -0.25) is 14.6 Å². The highest BCUT2D eigenvalue weighted by Gasteiger charge is 2.36. The second-order valence-corrected chi connectivity index (χ2v) is 8.06. The van der Waals surface area contributed by atoms with Crippen LogP contribution in [-0.4, -0.2) is 52.8 Å². The van der Waals surface area contributed by atoms with Crippen molar-refractivity contribution >= 4 is 11.8 Å². The number of amides is 2. The minimum Gasteiger partial charge on any atom is -0.493 e. The van der Waals surface area contributed by atoms with Gasteiger partial charge in [0.1, 0.15) is 5.75 Å². The van der Waals surface area contributed by atoms with Crippen LogP contribution >= 0.6 is 0 Å². The standard InChI is InChI=1S/C24H29N3O3/c28-23(12-17-30-21-7-2-1-3-8-21)26-15-4-6-20(18-26)24(29)27-16-5-9-22(27)19-10-13-25-14-11-19/h1-3,7-8,10-11,13-14,20,22H,4-6,9,12,15-18H2/t20-,22+/m0/s1. The van der Waals surface area contributed by atoms with E-state index < -0.39 is 0 Å². The van der Waals surface area contributed by atoms with Gasteiger partial charge in [-0.2, -0.15) is 0 Å². The molecule has 2 amide bonds. The number of carbonyl (C=O) groups excluding carboxylic acids is 2. The van der Waals surface area contributed by atoms with Crippen LogP contribution < -0.4 is 4.74 Å². The van der Waals surface area contributed by atoms with E-state index in [1.165, 1.54) is 0 Å². The molecule has 2 aromatic rings. The molecule has 0 saturated carbocycles. The van der Waals surface area contributed by atoms with E-state index in [4.69, 9.17) is 4.74 Å². The molecule has 0 aliphatic carbocycles. The number of hydrogen-bond acceptors (Lipinski definition) is 4. The minimum atomic E-state index is -0.111. The SMILES string of the molecule is O=C(CCOc1ccccc1)N1CCC[C@H](C(=O)N2CCC[C@@H]2c2ccncc2)C1. The van der Waals surface area contributed by atoms with Gasteiger partial charge in [-0.05, 0) is 55.5 Å². The fourth-order valence-corrected chi connectivity index (χ4v) is 4.53. The van der Waals surface area contributed by atoms with Crippen LogP contribution in [0.4, 0.5) is 0 Å². The first-order valence-corrected chi connectivity index (χ1v) is 10.9. The molecule has 6 heteroatoms. The third kappa shape index (κ3) is 4.81. The van der Waals surface area contributed by atoms with Crippen molar-refractivity contribution in [1.29, 1.82) is 0 Å². The minimum absolute atomic E-state index is 0.0653. The summed E-state index contributed by atoms with van der Waals surface area (Å²) in [5.74, 6) is 0.913. The number of carbonyl (C=O) groups is 2. The van der Waals surface area contributed by atoms with Gasteiger partial charge in [0.2, 0.25) is 11.8 Å². The zero-order chi connectivity index (χ0) is 20.8. The monoisotopic (exact) mass is 407 g/mol. The lowest BCUT2D eigenvalue weighted by atomic mass is 9.95. The van der Waals surface area contributed by atoms with E-state index in [1.54, 1.807) is 12.4 Å². The molecule has 2 fully saturated rings. The maximum atomic E-state index is 13.3. The number of nitrogens with zero attached hydrogens (tertiary/aromatic N) is 3. The first-order valence-electron chi connectivity index (χ1n) is 10.9. The predicted molar refractivity (Wildman–Crippen MR) is 114 cm³/mol. The van der Waals surface area contributed by atoms with E-state index >= 15 is 0 Å². The highest BCUT2D eigenvalue weighted by atomic mass is 16.5. The van der Waals surface area contributed by atoms with Gasteiger partial charge in [0.05, 0.1) is 25.0 Å². The summed E-state index contributed by atoms with van der Waals surface area (Å²) in [5, 5.41) is 0. The topological polar surface area (TPSA) is 62.7 Å². The third-order valence-corrected chi connectivity index (χ3v) is 6.08. The Morgan fingerprint density at radius 2 is 1.77 bits per heavy atom. The number of hydrogen-bond donors (Lipinski definition) is 0. The maximum absolute atomic E-state index is 13.3. The lowest BCUT2D eigenvalue weighted by molar-refractivity contribution is -0.141. The number of para-hydroxylation sites is 1. The van der Waals surface area contributed by atoms with Crippen LogP contribution in [0.3, 0.4) is 0 Å². The molecular weight excluding hydrogens is 378 g/mol. The Morgan fingerprint density at radius 1 is 1.00 bits per heavy atom. The van der Waals surface area contributed by atoms with Crippen LogP contribution in [0.1, 0.15) is 43.7 Å². The predicted octanol–water partition coefficient (Wildman–Crippen LogP) is 3.45. The molecule has 158 valence electrons. The highest BCUT2D eigenvalue weighted by molar-refractivity contribution is 5.82. The number of piperidine rings is 1. The molecule has 1 aromatic heterocycles. The number of aromatic nitrogens is 1. The van der Waals surface area contributed by atoms with Crippen molar-refractivity contribution in [2.75, 3.05) is 26.2 Å². The normalized spacial score (nSPS) is 21.5. The van der Waals surface area contributed by atoms with Crippen molar-refractivity contribution in [3.05, 3.63) is 60.4 Å². The van der Waals surface area contributed by atoms with Gasteiger partial charge in [0, 0.05) is 32.0 Å². The van der Waals surface area contributed by atoms with Gasteiger partial charge in [0.25, 0.3) is 0 Å². The molecule has 3 heterocycles. The lowest BCUT2D eigenvalue weighted by Gasteiger charge is -2.35. The number of rotatable bonds is 6. The molecule has 6 nitrogen and oxygen atoms in total. The van der Waals surface area contributed by atoms with E-state index in [0.717, 1.165) is 50.1 Å². The van der Waals surface area contributed by atoms with Crippen molar-refractivity contribution in [3.8, 4) is 5.75 Å². The Morgan fingerprint density at radius 3 is 2.57 bits per heavy atom. The van der Waals surface area contributed by atoms with Crippen LogP contribution in [0.25, 0.3) is 0 Å². The Labute approximate surface area is 177 Å². The van der Waals surface area contributed by atoms with Crippen molar-refractivity contribution in [1.82, 2.24) is 14.8 Å². The molecule has 0 N–H and O–H groups in total. The van der Waals surface area contributed by atoms with Gasteiger partial charge in [-0.15, -0.1) is 0 Å². The van der Waals surface area contributed by atoms with Gasteiger partial charge in [-0.25, -0.2) is 0 Å². The summed E-state index contributed by atoms with van der Waals surface area (Å²) in [6.07, 6.45) is 7.63. The molecule has 2 atom stereocenters. The zero-order valence-corrected chi connectivity index (χ0v) is 17.3. The van der Waals surface area contributed by atoms with E-state index in [-0.39, 0.29) is 23.8 Å². The van der Waals surface area contributed by atoms with Crippen LogP contribution in [0.5, 0.6) is 5.75 Å². The zero-order valence-electron chi connectivity index (χ0n) is 17.3. The quantitative estimate of drug-likeness (QED) is 0.736. The summed E-state index contributed by atoms with van der Waals surface area (Å²) in [6.45, 7) is 2.39. The van der Waals surface area contributed by atoms with Crippen molar-refractivity contribution in [3.63, 3.8) is 0 Å². The molecule has 0 spiro atoms. The van der Waals surface area contributed by atoms with Gasteiger partial charge >= 0.3 is 0 Å². The molecule has 0 radical (unpaired) electrons. The smallest absolute Gasteiger partial charge is 0.227 e. The number of pyridine rings is 1. The second-order valence-electron chi connectivity index (χ2n) is 8.06. The van der Waals surface area contributed by atoms with Crippen LogP contribution in [0.2, 0.25) is 0 Å². The molecule has 1 aromatic carbocycles. The summed E-state index contributed by atoms with van der Waals surface area (Å²) in [4.78, 5) is 33.9. The van der Waals surface area contributed by atoms with Crippen LogP contribution in [0.15, 0.2) is 54.9 Å². The van der Waals surface area contributed by atoms with Gasteiger partial charge in [-0.1, -0.05) is 18.2 Å². The van der Waals surface area contributed by atoms with E-state index in [9.17, 15) is 9.59 Å². The Balaban J connectivity index is 1.31. The summed E-state index contributed by atoms with van der Waals surface area (Å²) < 4.78 is 5.66. The maximum Gasteiger partial charge on any atom is 0.227 e. The molecule has 30 heavy (non-hydrogen) atoms. The van der Waals surface area contributed by atoms with Crippen molar-refractivity contribution in [2.45, 2.75) is 38.1 Å². The van der Waals surface area contributed by atoms with E-state index in [2.05, 4.69) is 4.98 Å². The molecule has 2 aliphatic rings. The molecule has 0 unspecified atom stereocenters. The average Bonchev–Trinajstić information content (AvgIpc) is 3.30. The molecule has 4 rings (SSSR count). The number of likely N-dealkylation sites (tertiary alicyclic amines) is 2. The first kappa shape index (κ1) is 20.4. The van der Waals surface area contributed by atoms with Crippen LogP contribution in [0, 0.1) is 5.92 Å². The fourth-order valence-electron chi connectivity index (χ4n) is 4.53. The highest BCUT2D eigenvalue weighted by Crippen LogP contribution is 2.34. The summed E-state index contributed by atoms with van der Waals surface area (Å²) in [7, 11) is 0. The Bertz CT molecular complexity index is 843.